The van der Waals surface area contributed by atoms with E-state index in [1.807, 2.05) is 4.90 Å². The molecule has 1 saturated carbocycles. The number of aliphatic imine (C=N–C) groups is 1. The quantitative estimate of drug-likeness (QED) is 0.483. The summed E-state index contributed by atoms with van der Waals surface area (Å²) < 4.78 is 40.8. The number of nitrogens with zero attached hydrogens (tertiary/aromatic N) is 2. The van der Waals surface area contributed by atoms with Crippen LogP contribution in [0.1, 0.15) is 44.1 Å². The van der Waals surface area contributed by atoms with E-state index >= 15 is 0 Å². The van der Waals surface area contributed by atoms with Crippen molar-refractivity contribution in [1.29, 1.82) is 0 Å². The van der Waals surface area contributed by atoms with E-state index in [1.165, 1.54) is 12.5 Å². The molecule has 2 fully saturated rings. The predicted octanol–water partition coefficient (Wildman–Crippen LogP) is 4.50. The summed E-state index contributed by atoms with van der Waals surface area (Å²) in [7, 11) is 0. The van der Waals surface area contributed by atoms with Crippen LogP contribution in [0.25, 0.3) is 0 Å². The van der Waals surface area contributed by atoms with Gasteiger partial charge in [-0.3, -0.25) is 10.7 Å². The molecule has 24 heavy (non-hydrogen) atoms. The monoisotopic (exact) mass is 341 g/mol. The van der Waals surface area contributed by atoms with Gasteiger partial charge in [0, 0.05) is 18.3 Å². The van der Waals surface area contributed by atoms with Crippen LogP contribution in [-0.4, -0.2) is 24.1 Å². The standard InChI is InChI=1S/C17H22F3N3O/c18-17(19,20)14-10-13(21-11-22-24)7-8-16(14)23-9-3-5-12-4-1-2-6-15(12)23/h7-8,10-12,15,24H,1-6,9H2,(H,21,22). The van der Waals surface area contributed by atoms with Crippen LogP contribution in [0.4, 0.5) is 24.5 Å². The van der Waals surface area contributed by atoms with E-state index < -0.39 is 11.7 Å². The molecule has 1 heterocycles. The van der Waals surface area contributed by atoms with Crippen LogP contribution in [0.5, 0.6) is 0 Å². The zero-order valence-electron chi connectivity index (χ0n) is 13.4. The van der Waals surface area contributed by atoms with E-state index in [4.69, 9.17) is 5.21 Å². The molecule has 2 unspecified atom stereocenters. The minimum absolute atomic E-state index is 0.157. The molecule has 7 heteroatoms. The molecule has 3 rings (SSSR count). The highest BCUT2D eigenvalue weighted by molar-refractivity contribution is 5.65. The first-order chi connectivity index (χ1) is 11.5. The Labute approximate surface area is 139 Å². The van der Waals surface area contributed by atoms with E-state index in [9.17, 15) is 13.2 Å². The van der Waals surface area contributed by atoms with Crippen molar-refractivity contribution in [3.63, 3.8) is 0 Å². The molecule has 1 aliphatic heterocycles. The molecule has 1 saturated heterocycles. The highest BCUT2D eigenvalue weighted by Crippen LogP contribution is 2.44. The maximum atomic E-state index is 13.6. The molecular weight excluding hydrogens is 319 g/mol. The highest BCUT2D eigenvalue weighted by atomic mass is 19.4. The van der Waals surface area contributed by atoms with Crippen molar-refractivity contribution in [2.45, 2.75) is 50.7 Å². The van der Waals surface area contributed by atoms with Gasteiger partial charge < -0.3 is 4.90 Å². The van der Waals surface area contributed by atoms with Crippen LogP contribution in [-0.2, 0) is 6.18 Å². The number of halogens is 3. The fourth-order valence-corrected chi connectivity index (χ4v) is 4.11. The largest absolute Gasteiger partial charge is 0.418 e. The van der Waals surface area contributed by atoms with Crippen molar-refractivity contribution in [2.24, 2.45) is 10.9 Å². The Bertz CT molecular complexity index is 601. The van der Waals surface area contributed by atoms with Gasteiger partial charge in [-0.2, -0.15) is 13.2 Å². The number of hydrogen-bond donors (Lipinski definition) is 2. The lowest BCUT2D eigenvalue weighted by Crippen LogP contribution is -2.47. The van der Waals surface area contributed by atoms with Crippen LogP contribution in [0.3, 0.4) is 0 Å². The van der Waals surface area contributed by atoms with Gasteiger partial charge in [-0.1, -0.05) is 12.8 Å². The molecule has 2 aliphatic rings. The van der Waals surface area contributed by atoms with Gasteiger partial charge in [0.25, 0.3) is 0 Å². The van der Waals surface area contributed by atoms with Crippen molar-refractivity contribution in [2.75, 3.05) is 11.4 Å². The molecule has 2 atom stereocenters. The van der Waals surface area contributed by atoms with E-state index in [0.29, 0.717) is 12.5 Å². The number of hydrogen-bond acceptors (Lipinski definition) is 3. The van der Waals surface area contributed by atoms with Crippen molar-refractivity contribution < 1.29 is 18.4 Å². The Balaban J connectivity index is 1.97. The molecule has 1 aromatic rings. The number of anilines is 1. The molecule has 1 aliphatic carbocycles. The van der Waals surface area contributed by atoms with Gasteiger partial charge in [0.1, 0.15) is 6.34 Å². The van der Waals surface area contributed by atoms with Gasteiger partial charge in [0.15, 0.2) is 0 Å². The van der Waals surface area contributed by atoms with Crippen molar-refractivity contribution in [3.8, 4) is 0 Å². The summed E-state index contributed by atoms with van der Waals surface area (Å²) >= 11 is 0. The minimum Gasteiger partial charge on any atom is -0.368 e. The fraction of sp³-hybridized carbons (Fsp3) is 0.588. The average molecular weight is 341 g/mol. The van der Waals surface area contributed by atoms with Crippen LogP contribution in [0, 0.1) is 5.92 Å². The lowest BCUT2D eigenvalue weighted by atomic mass is 9.78. The molecule has 2 N–H and O–H groups in total. The second kappa shape index (κ2) is 7.01. The zero-order chi connectivity index (χ0) is 17.2. The maximum absolute atomic E-state index is 13.6. The summed E-state index contributed by atoms with van der Waals surface area (Å²) in [5.74, 6) is 0.505. The van der Waals surface area contributed by atoms with Gasteiger partial charge in [-0.05, 0) is 49.8 Å². The molecule has 4 nitrogen and oxygen atoms in total. The molecule has 0 spiro atoms. The summed E-state index contributed by atoms with van der Waals surface area (Å²) in [6, 6.07) is 4.34. The van der Waals surface area contributed by atoms with Gasteiger partial charge in [-0.25, -0.2) is 4.99 Å². The molecule has 1 aromatic carbocycles. The highest BCUT2D eigenvalue weighted by Gasteiger charge is 2.39. The van der Waals surface area contributed by atoms with Crippen LogP contribution >= 0.6 is 0 Å². The second-order valence-electron chi connectivity index (χ2n) is 6.53. The Morgan fingerprint density at radius 3 is 2.67 bits per heavy atom. The summed E-state index contributed by atoms with van der Waals surface area (Å²) in [4.78, 5) is 5.73. The Kier molecular flexibility index (Phi) is 4.99. The smallest absolute Gasteiger partial charge is 0.368 e. The summed E-state index contributed by atoms with van der Waals surface area (Å²) in [6.07, 6.45) is 2.93. The first kappa shape index (κ1) is 17.1. The number of fused-ring (bicyclic) bond motifs is 1. The Morgan fingerprint density at radius 1 is 1.17 bits per heavy atom. The Morgan fingerprint density at radius 2 is 1.92 bits per heavy atom. The van der Waals surface area contributed by atoms with Gasteiger partial charge >= 0.3 is 6.18 Å². The molecule has 0 amide bonds. The number of rotatable bonds is 3. The third kappa shape index (κ3) is 3.50. The first-order valence-electron chi connectivity index (χ1n) is 8.41. The third-order valence-electron chi connectivity index (χ3n) is 5.11. The Hall–Kier alpha value is -1.76. The van der Waals surface area contributed by atoms with Gasteiger partial charge in [0.2, 0.25) is 0 Å². The molecule has 132 valence electrons. The summed E-state index contributed by atoms with van der Waals surface area (Å²) in [5.41, 5.74) is 1.47. The number of benzene rings is 1. The van der Waals surface area contributed by atoms with Gasteiger partial charge in [0.05, 0.1) is 11.3 Å². The zero-order valence-corrected chi connectivity index (χ0v) is 13.4. The summed E-state index contributed by atoms with van der Waals surface area (Å²) in [5, 5.41) is 8.51. The lowest BCUT2D eigenvalue weighted by molar-refractivity contribution is -0.137. The number of alkyl halides is 3. The van der Waals surface area contributed by atoms with Crippen molar-refractivity contribution >= 4 is 17.7 Å². The fourth-order valence-electron chi connectivity index (χ4n) is 4.11. The molecule has 0 bridgehead atoms. The molecular formula is C17H22F3N3O. The van der Waals surface area contributed by atoms with E-state index in [2.05, 4.69) is 4.99 Å². The van der Waals surface area contributed by atoms with E-state index in [0.717, 1.165) is 44.5 Å². The van der Waals surface area contributed by atoms with Crippen LogP contribution in [0.2, 0.25) is 0 Å². The van der Waals surface area contributed by atoms with Crippen molar-refractivity contribution in [1.82, 2.24) is 5.48 Å². The van der Waals surface area contributed by atoms with Gasteiger partial charge in [-0.15, -0.1) is 0 Å². The minimum atomic E-state index is -4.44. The normalized spacial score (nSPS) is 24.9. The van der Waals surface area contributed by atoms with Crippen LogP contribution in [0.15, 0.2) is 23.2 Å². The topological polar surface area (TPSA) is 47.9 Å². The SMILES string of the molecule is ONC=Nc1ccc(N2CCCC3CCCCC32)c(C(F)(F)F)c1. The average Bonchev–Trinajstić information content (AvgIpc) is 2.58. The second-order valence-corrected chi connectivity index (χ2v) is 6.53. The van der Waals surface area contributed by atoms with Crippen molar-refractivity contribution in [3.05, 3.63) is 23.8 Å². The number of piperidine rings is 1. The third-order valence-corrected chi connectivity index (χ3v) is 5.11. The predicted molar refractivity (Wildman–Crippen MR) is 86.8 cm³/mol. The lowest BCUT2D eigenvalue weighted by Gasteiger charge is -2.46. The maximum Gasteiger partial charge on any atom is 0.418 e. The van der Waals surface area contributed by atoms with E-state index in [1.54, 1.807) is 11.5 Å². The van der Waals surface area contributed by atoms with Crippen LogP contribution < -0.4 is 10.4 Å². The summed E-state index contributed by atoms with van der Waals surface area (Å²) in [6.45, 7) is 0.672. The first-order valence-corrected chi connectivity index (χ1v) is 8.41. The molecule has 0 radical (unpaired) electrons. The van der Waals surface area contributed by atoms with E-state index in [-0.39, 0.29) is 17.4 Å². The molecule has 0 aromatic heterocycles. The number of hydroxylamine groups is 1. The number of nitrogens with one attached hydrogen (secondary N) is 1.